The predicted octanol–water partition coefficient (Wildman–Crippen LogP) is 0.710. The van der Waals surface area contributed by atoms with E-state index in [4.69, 9.17) is 9.84 Å². The molecule has 1 heterocycles. The summed E-state index contributed by atoms with van der Waals surface area (Å²) in [6, 6.07) is 0. The van der Waals surface area contributed by atoms with Gasteiger partial charge in [0.25, 0.3) is 5.91 Å². The van der Waals surface area contributed by atoms with Crippen LogP contribution >= 0.6 is 11.5 Å². The van der Waals surface area contributed by atoms with Crippen LogP contribution in [0.25, 0.3) is 0 Å². The molecule has 0 aromatic carbocycles. The van der Waals surface area contributed by atoms with Gasteiger partial charge in [0.05, 0.1) is 18.2 Å². The molecule has 0 aliphatic carbocycles. The summed E-state index contributed by atoms with van der Waals surface area (Å²) in [6.07, 6.45) is -0.0451. The van der Waals surface area contributed by atoms with Crippen LogP contribution in [0.2, 0.25) is 0 Å². The minimum Gasteiger partial charge on any atom is -0.481 e. The molecule has 1 unspecified atom stereocenters. The third-order valence-corrected chi connectivity index (χ3v) is 3.16. The van der Waals surface area contributed by atoms with Gasteiger partial charge in [0.2, 0.25) is 0 Å². The van der Waals surface area contributed by atoms with Gasteiger partial charge in [-0.05, 0) is 24.9 Å². The number of carboxylic acids is 1. The highest BCUT2D eigenvalue weighted by Crippen LogP contribution is 2.10. The number of nitrogens with one attached hydrogen (secondary N) is 1. The number of hydrogen-bond donors (Lipinski definition) is 2. The Labute approximate surface area is 115 Å². The number of aryl methyl sites for hydroxylation is 1. The van der Waals surface area contributed by atoms with E-state index < -0.39 is 12.1 Å². The van der Waals surface area contributed by atoms with Crippen LogP contribution in [0.5, 0.6) is 0 Å². The fourth-order valence-corrected chi connectivity index (χ4v) is 2.19. The Morgan fingerprint density at radius 1 is 1.47 bits per heavy atom. The second-order valence-corrected chi connectivity index (χ2v) is 4.54. The number of aromatic nitrogens is 2. The maximum absolute atomic E-state index is 11.9. The summed E-state index contributed by atoms with van der Waals surface area (Å²) >= 11 is 1.03. The van der Waals surface area contributed by atoms with Crippen LogP contribution in [-0.2, 0) is 16.0 Å². The van der Waals surface area contributed by atoms with Crippen LogP contribution in [0, 0.1) is 0 Å². The fraction of sp³-hybridized carbons (Fsp3) is 0.636. The van der Waals surface area contributed by atoms with Gasteiger partial charge in [0, 0.05) is 13.2 Å². The zero-order valence-corrected chi connectivity index (χ0v) is 11.7. The van der Waals surface area contributed by atoms with Crippen molar-refractivity contribution in [1.29, 1.82) is 0 Å². The normalized spacial score (nSPS) is 12.1. The molecule has 0 saturated heterocycles. The van der Waals surface area contributed by atoms with Crippen molar-refractivity contribution in [3.63, 3.8) is 0 Å². The van der Waals surface area contributed by atoms with Crippen molar-refractivity contribution in [2.24, 2.45) is 0 Å². The molecule has 8 heteroatoms. The van der Waals surface area contributed by atoms with Crippen molar-refractivity contribution in [3.8, 4) is 0 Å². The predicted molar refractivity (Wildman–Crippen MR) is 69.3 cm³/mol. The Morgan fingerprint density at radius 3 is 2.79 bits per heavy atom. The first-order valence-corrected chi connectivity index (χ1v) is 6.78. The van der Waals surface area contributed by atoms with Crippen LogP contribution in [0.4, 0.5) is 0 Å². The number of ether oxygens (including phenoxy) is 1. The Kier molecular flexibility index (Phi) is 6.37. The van der Waals surface area contributed by atoms with E-state index in [0.29, 0.717) is 23.6 Å². The minimum atomic E-state index is -0.957. The van der Waals surface area contributed by atoms with Crippen LogP contribution in [0.1, 0.15) is 35.6 Å². The molecule has 1 amide bonds. The molecular formula is C11H17N3O4S. The summed E-state index contributed by atoms with van der Waals surface area (Å²) in [5.74, 6) is -1.25. The fourth-order valence-electron chi connectivity index (χ4n) is 1.52. The number of nitrogens with zero attached hydrogens (tertiary/aromatic N) is 2. The van der Waals surface area contributed by atoms with Crippen molar-refractivity contribution in [3.05, 3.63) is 10.6 Å². The quantitative estimate of drug-likeness (QED) is 0.730. The summed E-state index contributed by atoms with van der Waals surface area (Å²) in [5, 5.41) is 15.2. The maximum Gasteiger partial charge on any atom is 0.306 e. The number of carbonyl (C=O) groups is 2. The second kappa shape index (κ2) is 7.80. The number of hydrogen-bond acceptors (Lipinski definition) is 6. The van der Waals surface area contributed by atoms with Gasteiger partial charge in [-0.1, -0.05) is 11.4 Å². The van der Waals surface area contributed by atoms with E-state index >= 15 is 0 Å². The zero-order valence-electron chi connectivity index (χ0n) is 10.9. The largest absolute Gasteiger partial charge is 0.481 e. The van der Waals surface area contributed by atoms with E-state index in [1.54, 1.807) is 6.92 Å². The molecular weight excluding hydrogens is 270 g/mol. The summed E-state index contributed by atoms with van der Waals surface area (Å²) in [4.78, 5) is 23.0. The summed E-state index contributed by atoms with van der Waals surface area (Å²) < 4.78 is 8.99. The van der Waals surface area contributed by atoms with Gasteiger partial charge in [0.15, 0.2) is 0 Å². The molecule has 0 spiro atoms. The van der Waals surface area contributed by atoms with Gasteiger partial charge < -0.3 is 15.2 Å². The molecule has 1 rings (SSSR count). The molecule has 0 saturated carbocycles. The lowest BCUT2D eigenvalue weighted by Gasteiger charge is -2.15. The van der Waals surface area contributed by atoms with Crippen molar-refractivity contribution in [2.75, 3.05) is 13.2 Å². The monoisotopic (exact) mass is 287 g/mol. The molecule has 0 bridgehead atoms. The van der Waals surface area contributed by atoms with Crippen molar-refractivity contribution in [2.45, 2.75) is 32.8 Å². The first-order chi connectivity index (χ1) is 9.08. The smallest absolute Gasteiger partial charge is 0.306 e. The number of rotatable bonds is 8. The second-order valence-electron chi connectivity index (χ2n) is 3.79. The summed E-state index contributed by atoms with van der Waals surface area (Å²) in [6.45, 7) is 4.22. The van der Waals surface area contributed by atoms with Gasteiger partial charge in [-0.2, -0.15) is 0 Å². The van der Waals surface area contributed by atoms with Crippen LogP contribution in [-0.4, -0.2) is 45.8 Å². The van der Waals surface area contributed by atoms with E-state index in [2.05, 4.69) is 14.9 Å². The van der Waals surface area contributed by atoms with E-state index in [-0.39, 0.29) is 18.9 Å². The number of carboxylic acid groups (broad SMARTS) is 1. The summed E-state index contributed by atoms with van der Waals surface area (Å²) in [5.41, 5.74) is 0.647. The highest BCUT2D eigenvalue weighted by Gasteiger charge is 2.18. The lowest BCUT2D eigenvalue weighted by molar-refractivity contribution is -0.140. The molecule has 0 radical (unpaired) electrons. The lowest BCUT2D eigenvalue weighted by Crippen LogP contribution is -2.35. The van der Waals surface area contributed by atoms with Crippen molar-refractivity contribution >= 4 is 23.4 Å². The van der Waals surface area contributed by atoms with Crippen LogP contribution in [0.15, 0.2) is 0 Å². The van der Waals surface area contributed by atoms with Gasteiger partial charge >= 0.3 is 5.97 Å². The Morgan fingerprint density at radius 2 is 2.21 bits per heavy atom. The average Bonchev–Trinajstić information content (AvgIpc) is 2.83. The van der Waals surface area contributed by atoms with Crippen molar-refractivity contribution < 1.29 is 19.4 Å². The third-order valence-electron chi connectivity index (χ3n) is 2.39. The molecule has 7 nitrogen and oxygen atoms in total. The maximum atomic E-state index is 11.9. The summed E-state index contributed by atoms with van der Waals surface area (Å²) in [7, 11) is 0. The Hall–Kier alpha value is -1.54. The molecule has 1 aromatic rings. The number of amides is 1. The van der Waals surface area contributed by atoms with Gasteiger partial charge in [-0.25, -0.2) is 0 Å². The van der Waals surface area contributed by atoms with Gasteiger partial charge in [0.1, 0.15) is 4.88 Å². The van der Waals surface area contributed by atoms with E-state index in [1.165, 1.54) is 0 Å². The molecule has 1 atom stereocenters. The highest BCUT2D eigenvalue weighted by atomic mass is 32.1. The van der Waals surface area contributed by atoms with Gasteiger partial charge in [-0.3, -0.25) is 9.59 Å². The number of carbonyl (C=O) groups excluding carboxylic acids is 1. The molecule has 0 aliphatic heterocycles. The first-order valence-electron chi connectivity index (χ1n) is 6.01. The molecule has 106 valence electrons. The van der Waals surface area contributed by atoms with Crippen LogP contribution in [0.3, 0.4) is 0 Å². The van der Waals surface area contributed by atoms with Crippen LogP contribution < -0.4 is 5.32 Å². The van der Waals surface area contributed by atoms with Gasteiger partial charge in [-0.15, -0.1) is 5.10 Å². The molecule has 19 heavy (non-hydrogen) atoms. The molecule has 1 aromatic heterocycles. The van der Waals surface area contributed by atoms with E-state index in [1.807, 2.05) is 6.92 Å². The molecule has 0 fully saturated rings. The Bertz CT molecular complexity index is 435. The zero-order chi connectivity index (χ0) is 14.3. The highest BCUT2D eigenvalue weighted by molar-refractivity contribution is 7.08. The first kappa shape index (κ1) is 15.5. The average molecular weight is 287 g/mol. The van der Waals surface area contributed by atoms with Crippen molar-refractivity contribution in [1.82, 2.24) is 14.9 Å². The SMILES string of the molecule is CCOC(CNC(=O)c1snnc1CC)CC(=O)O. The molecule has 0 aliphatic rings. The lowest BCUT2D eigenvalue weighted by atomic mass is 10.2. The third kappa shape index (κ3) is 4.92. The van der Waals surface area contributed by atoms with E-state index in [9.17, 15) is 9.59 Å². The molecule has 2 N–H and O–H groups in total. The standard InChI is InChI=1S/C11H17N3O4S/c1-3-8-10(19-14-13-8)11(17)12-6-7(18-4-2)5-9(15)16/h7H,3-6H2,1-2H3,(H,12,17)(H,15,16). The van der Waals surface area contributed by atoms with E-state index in [0.717, 1.165) is 11.5 Å². The topological polar surface area (TPSA) is 101 Å². The number of aliphatic carboxylic acids is 1. The minimum absolute atomic E-state index is 0.143. The Balaban J connectivity index is 2.54.